The number of carbonyl (C=O) groups excluding carboxylic acids is 2. The molecule has 2 aromatic carbocycles. The van der Waals surface area contributed by atoms with Crippen LogP contribution in [0.2, 0.25) is 0 Å². The molecule has 8 heteroatoms. The van der Waals surface area contributed by atoms with Gasteiger partial charge in [-0.05, 0) is 67.5 Å². The smallest absolute Gasteiger partial charge is 0.306 e. The van der Waals surface area contributed by atoms with Gasteiger partial charge >= 0.3 is 5.97 Å². The first-order valence-corrected chi connectivity index (χ1v) is 13.6. The fourth-order valence-corrected chi connectivity index (χ4v) is 5.97. The van der Waals surface area contributed by atoms with Crippen LogP contribution in [0.4, 0.5) is 17.1 Å². The molecule has 0 spiro atoms. The number of fused-ring (bicyclic) bond motifs is 2. The number of nitrogens with zero attached hydrogens (tertiary/aromatic N) is 3. The minimum Gasteiger partial charge on any atom is -0.494 e. The Kier molecular flexibility index (Phi) is 7.55. The lowest BCUT2D eigenvalue weighted by Crippen LogP contribution is -2.42. The number of methoxy groups -OCH3 is 1. The lowest BCUT2D eigenvalue weighted by Gasteiger charge is -2.35. The summed E-state index contributed by atoms with van der Waals surface area (Å²) in [6.45, 7) is 3.62. The predicted molar refractivity (Wildman–Crippen MR) is 144 cm³/mol. The first kappa shape index (κ1) is 25.4. The summed E-state index contributed by atoms with van der Waals surface area (Å²) in [5, 5.41) is 4.06. The zero-order valence-corrected chi connectivity index (χ0v) is 22.2. The third-order valence-electron chi connectivity index (χ3n) is 7.83. The largest absolute Gasteiger partial charge is 0.494 e. The van der Waals surface area contributed by atoms with Crippen LogP contribution in [0, 0.1) is 5.92 Å². The number of nitrogens with one attached hydrogen (secondary N) is 1. The third kappa shape index (κ3) is 5.12. The van der Waals surface area contributed by atoms with Crippen molar-refractivity contribution in [1.82, 2.24) is 10.4 Å². The summed E-state index contributed by atoms with van der Waals surface area (Å²) in [6, 6.07) is 10.5. The van der Waals surface area contributed by atoms with Gasteiger partial charge in [0.2, 0.25) is 5.91 Å². The van der Waals surface area contributed by atoms with E-state index in [0.717, 1.165) is 54.2 Å². The van der Waals surface area contributed by atoms with E-state index in [1.165, 1.54) is 30.4 Å². The maximum atomic E-state index is 13.2. The molecule has 0 unspecified atom stereocenters. The minimum absolute atomic E-state index is 0.194. The van der Waals surface area contributed by atoms with Crippen LogP contribution in [0.1, 0.15) is 62.1 Å². The van der Waals surface area contributed by atoms with Crippen molar-refractivity contribution in [3.63, 3.8) is 0 Å². The van der Waals surface area contributed by atoms with Crippen LogP contribution < -0.4 is 20.3 Å². The molecular formula is C29H38N4O4. The van der Waals surface area contributed by atoms with Crippen molar-refractivity contribution >= 4 is 28.9 Å². The average molecular weight is 507 g/mol. The number of rotatable bonds is 7. The van der Waals surface area contributed by atoms with Crippen LogP contribution >= 0.6 is 0 Å². The van der Waals surface area contributed by atoms with E-state index in [9.17, 15) is 9.59 Å². The van der Waals surface area contributed by atoms with Crippen molar-refractivity contribution in [1.29, 1.82) is 0 Å². The van der Waals surface area contributed by atoms with Crippen molar-refractivity contribution in [3.8, 4) is 5.75 Å². The fraction of sp³-hybridized carbons (Fsp3) is 0.517. The fourth-order valence-electron chi connectivity index (χ4n) is 5.97. The summed E-state index contributed by atoms with van der Waals surface area (Å²) in [6.07, 6.45) is 7.38. The van der Waals surface area contributed by atoms with Gasteiger partial charge < -0.3 is 14.4 Å². The molecule has 2 heterocycles. The predicted octanol–water partition coefficient (Wildman–Crippen LogP) is 4.66. The van der Waals surface area contributed by atoms with E-state index in [-0.39, 0.29) is 11.9 Å². The second-order valence-electron chi connectivity index (χ2n) is 10.2. The van der Waals surface area contributed by atoms with Gasteiger partial charge in [0.1, 0.15) is 11.4 Å². The molecule has 198 valence electrons. The van der Waals surface area contributed by atoms with Crippen LogP contribution in [0.15, 0.2) is 30.3 Å². The number of anilines is 3. The lowest BCUT2D eigenvalue weighted by atomic mass is 9.87. The van der Waals surface area contributed by atoms with Gasteiger partial charge in [0.05, 0.1) is 25.1 Å². The Morgan fingerprint density at radius 2 is 1.92 bits per heavy atom. The summed E-state index contributed by atoms with van der Waals surface area (Å²) in [5.74, 6) is 1.08. The molecule has 0 radical (unpaired) electrons. The quantitative estimate of drug-likeness (QED) is 0.548. The van der Waals surface area contributed by atoms with Crippen LogP contribution in [0.25, 0.3) is 0 Å². The molecule has 0 bridgehead atoms. The van der Waals surface area contributed by atoms with E-state index in [1.54, 1.807) is 7.11 Å². The lowest BCUT2D eigenvalue weighted by molar-refractivity contribution is -0.143. The van der Waals surface area contributed by atoms with Crippen molar-refractivity contribution in [2.24, 2.45) is 5.92 Å². The van der Waals surface area contributed by atoms with Crippen LogP contribution in [0.5, 0.6) is 5.75 Å². The summed E-state index contributed by atoms with van der Waals surface area (Å²) < 4.78 is 10.9. The number of ether oxygens (including phenoxy) is 2. The Bertz CT molecular complexity index is 1160. The van der Waals surface area contributed by atoms with Crippen molar-refractivity contribution in [2.75, 3.05) is 37.3 Å². The second-order valence-corrected chi connectivity index (χ2v) is 10.2. The molecule has 2 aliphatic heterocycles. The number of hydrogen-bond acceptors (Lipinski definition) is 7. The van der Waals surface area contributed by atoms with E-state index < -0.39 is 0 Å². The summed E-state index contributed by atoms with van der Waals surface area (Å²) >= 11 is 0. The van der Waals surface area contributed by atoms with E-state index in [4.69, 9.17) is 9.47 Å². The zero-order chi connectivity index (χ0) is 25.9. The van der Waals surface area contributed by atoms with E-state index in [2.05, 4.69) is 39.7 Å². The third-order valence-corrected chi connectivity index (χ3v) is 7.83. The van der Waals surface area contributed by atoms with E-state index in [0.29, 0.717) is 31.9 Å². The van der Waals surface area contributed by atoms with Gasteiger partial charge in [-0.25, -0.2) is 0 Å². The maximum absolute atomic E-state index is 13.2. The summed E-state index contributed by atoms with van der Waals surface area (Å²) in [4.78, 5) is 27.3. The highest BCUT2D eigenvalue weighted by molar-refractivity contribution is 5.87. The van der Waals surface area contributed by atoms with Crippen LogP contribution in [-0.4, -0.2) is 44.1 Å². The minimum atomic E-state index is -0.196. The molecule has 1 aliphatic carbocycles. The molecule has 3 aliphatic rings. The number of esters is 1. The number of hydrazine groups is 2. The van der Waals surface area contributed by atoms with Crippen molar-refractivity contribution in [2.45, 2.75) is 64.8 Å². The standard InChI is InChI=1S/C29H38N4O4/c1-4-37-27(34)14-13-20-17-25-28(26(18-20)36-3)31(2)30-33(25)24-12-8-11-22-19-32(16-15-23(22)24)29(35)21-9-6-5-7-10-21/h8,11-12,17-18,21,30H,4-7,9-10,13-16,19H2,1-3H3. The first-order valence-electron chi connectivity index (χ1n) is 13.6. The molecule has 37 heavy (non-hydrogen) atoms. The van der Waals surface area contributed by atoms with Gasteiger partial charge in [0.15, 0.2) is 0 Å². The SMILES string of the molecule is CCOC(=O)CCc1cc(OC)c2c(c1)N(c1cccc3c1CCN(C(=O)C1CCCCC1)C3)NN2C. The number of carbonyl (C=O) groups is 2. The molecule has 1 fully saturated rings. The Balaban J connectivity index is 1.41. The van der Waals surface area contributed by atoms with Crippen molar-refractivity contribution < 1.29 is 19.1 Å². The van der Waals surface area contributed by atoms with E-state index >= 15 is 0 Å². The van der Waals surface area contributed by atoms with Gasteiger partial charge in [-0.3, -0.25) is 19.6 Å². The van der Waals surface area contributed by atoms with Gasteiger partial charge in [0.25, 0.3) is 0 Å². The molecule has 8 nitrogen and oxygen atoms in total. The highest BCUT2D eigenvalue weighted by Crippen LogP contribution is 2.46. The summed E-state index contributed by atoms with van der Waals surface area (Å²) in [7, 11) is 3.64. The number of benzene rings is 2. The number of hydrogen-bond donors (Lipinski definition) is 1. The number of amides is 1. The molecule has 0 aromatic heterocycles. The zero-order valence-electron chi connectivity index (χ0n) is 22.2. The van der Waals surface area contributed by atoms with E-state index in [1.807, 2.05) is 25.0 Å². The Morgan fingerprint density at radius 1 is 1.11 bits per heavy atom. The maximum Gasteiger partial charge on any atom is 0.306 e. The Hall–Kier alpha value is -3.26. The number of aryl methyl sites for hydroxylation is 1. The first-order chi connectivity index (χ1) is 18.0. The molecule has 1 amide bonds. The van der Waals surface area contributed by atoms with Gasteiger partial charge in [-0.2, -0.15) is 0 Å². The second kappa shape index (κ2) is 11.0. The van der Waals surface area contributed by atoms with Gasteiger partial charge in [-0.1, -0.05) is 31.4 Å². The average Bonchev–Trinajstić information content (AvgIpc) is 3.27. The van der Waals surface area contributed by atoms with Crippen molar-refractivity contribution in [3.05, 3.63) is 47.0 Å². The highest BCUT2D eigenvalue weighted by Gasteiger charge is 2.33. The van der Waals surface area contributed by atoms with Gasteiger partial charge in [-0.15, -0.1) is 5.53 Å². The Morgan fingerprint density at radius 3 is 2.68 bits per heavy atom. The van der Waals surface area contributed by atoms with Crippen LogP contribution in [0.3, 0.4) is 0 Å². The molecule has 2 aromatic rings. The monoisotopic (exact) mass is 506 g/mol. The molecular weight excluding hydrogens is 468 g/mol. The molecule has 0 atom stereocenters. The topological polar surface area (TPSA) is 74.3 Å². The molecule has 1 N–H and O–H groups in total. The normalized spacial score (nSPS) is 17.4. The molecule has 0 saturated heterocycles. The van der Waals surface area contributed by atoms with Gasteiger partial charge in [0, 0.05) is 32.5 Å². The molecule has 5 rings (SSSR count). The Labute approximate surface area is 219 Å². The summed E-state index contributed by atoms with van der Waals surface area (Å²) in [5.41, 5.74) is 9.97. The highest BCUT2D eigenvalue weighted by atomic mass is 16.5. The van der Waals surface area contributed by atoms with Crippen LogP contribution in [-0.2, 0) is 33.7 Å². The molecule has 1 saturated carbocycles.